The molecule has 0 fully saturated rings. The van der Waals surface area contributed by atoms with Crippen LogP contribution < -0.4 is 16.0 Å². The average Bonchev–Trinajstić information content (AvgIpc) is 2.62. The number of hydrogen-bond acceptors (Lipinski definition) is 5. The van der Waals surface area contributed by atoms with Crippen molar-refractivity contribution in [2.24, 2.45) is 5.92 Å². The molecule has 1 aromatic carbocycles. The van der Waals surface area contributed by atoms with E-state index in [0.717, 1.165) is 5.56 Å². The van der Waals surface area contributed by atoms with Crippen LogP contribution in [-0.4, -0.2) is 36.9 Å². The normalized spacial score (nSPS) is 10.1. The van der Waals surface area contributed by atoms with E-state index in [0.29, 0.717) is 12.3 Å². The first kappa shape index (κ1) is 21.1. The van der Waals surface area contributed by atoms with Crippen LogP contribution in [0.15, 0.2) is 30.3 Å². The first-order valence-electron chi connectivity index (χ1n) is 8.40. The molecular weight excluding hydrogens is 338 g/mol. The second-order valence-electron chi connectivity index (χ2n) is 6.10. The van der Waals surface area contributed by atoms with Crippen LogP contribution in [0.1, 0.15) is 32.3 Å². The zero-order valence-corrected chi connectivity index (χ0v) is 15.0. The van der Waals surface area contributed by atoms with E-state index >= 15 is 0 Å². The van der Waals surface area contributed by atoms with Gasteiger partial charge in [0.05, 0.1) is 6.54 Å². The third kappa shape index (κ3) is 10.1. The molecule has 0 aliphatic carbocycles. The maximum atomic E-state index is 11.6. The van der Waals surface area contributed by atoms with E-state index in [9.17, 15) is 19.2 Å². The maximum Gasteiger partial charge on any atom is 0.407 e. The van der Waals surface area contributed by atoms with E-state index in [1.807, 2.05) is 32.0 Å². The fourth-order valence-electron chi connectivity index (χ4n) is 1.85. The molecule has 8 nitrogen and oxygen atoms in total. The van der Waals surface area contributed by atoms with Gasteiger partial charge >= 0.3 is 6.09 Å². The molecule has 8 heteroatoms. The van der Waals surface area contributed by atoms with E-state index in [2.05, 4.69) is 16.0 Å². The Hall–Kier alpha value is -2.90. The van der Waals surface area contributed by atoms with E-state index in [4.69, 9.17) is 4.74 Å². The summed E-state index contributed by atoms with van der Waals surface area (Å²) in [4.78, 5) is 46.1. The summed E-state index contributed by atoms with van der Waals surface area (Å²) in [5.41, 5.74) is 0.825. The Morgan fingerprint density at radius 3 is 2.23 bits per heavy atom. The summed E-state index contributed by atoms with van der Waals surface area (Å²) >= 11 is 0. The lowest BCUT2D eigenvalue weighted by Gasteiger charge is -2.08. The van der Waals surface area contributed by atoms with Gasteiger partial charge < -0.3 is 15.4 Å². The third-order valence-corrected chi connectivity index (χ3v) is 3.28. The van der Waals surface area contributed by atoms with E-state index in [-0.39, 0.29) is 32.0 Å². The summed E-state index contributed by atoms with van der Waals surface area (Å²) in [5, 5.41) is 6.78. The monoisotopic (exact) mass is 363 g/mol. The highest BCUT2D eigenvalue weighted by molar-refractivity contribution is 5.97. The van der Waals surface area contributed by atoms with Crippen LogP contribution in [0.3, 0.4) is 0 Å². The lowest BCUT2D eigenvalue weighted by Crippen LogP contribution is -2.43. The second kappa shape index (κ2) is 11.6. The lowest BCUT2D eigenvalue weighted by atomic mass is 10.1. The molecular formula is C18H25N3O5. The van der Waals surface area contributed by atoms with E-state index in [1.54, 1.807) is 12.1 Å². The van der Waals surface area contributed by atoms with Crippen LogP contribution in [-0.2, 0) is 25.7 Å². The van der Waals surface area contributed by atoms with Gasteiger partial charge in [0.2, 0.25) is 17.7 Å². The second-order valence-corrected chi connectivity index (χ2v) is 6.10. The van der Waals surface area contributed by atoms with Gasteiger partial charge in [-0.05, 0) is 17.9 Å². The maximum absolute atomic E-state index is 11.6. The first-order valence-corrected chi connectivity index (χ1v) is 8.40. The Morgan fingerprint density at radius 1 is 0.923 bits per heavy atom. The molecule has 4 amide bonds. The number of carbonyl (C=O) groups excluding carboxylic acids is 4. The minimum absolute atomic E-state index is 0.0924. The molecule has 0 atom stereocenters. The zero-order valence-electron chi connectivity index (χ0n) is 15.0. The van der Waals surface area contributed by atoms with E-state index < -0.39 is 17.9 Å². The molecule has 26 heavy (non-hydrogen) atoms. The fourth-order valence-corrected chi connectivity index (χ4v) is 1.85. The predicted octanol–water partition coefficient (Wildman–Crippen LogP) is 1.11. The van der Waals surface area contributed by atoms with Gasteiger partial charge in [0, 0.05) is 6.42 Å². The van der Waals surface area contributed by atoms with Crippen molar-refractivity contribution in [2.75, 3.05) is 13.1 Å². The Balaban J connectivity index is 2.14. The van der Waals surface area contributed by atoms with Crippen molar-refractivity contribution in [3.05, 3.63) is 35.9 Å². The molecule has 1 aromatic rings. The molecule has 0 saturated heterocycles. The van der Waals surface area contributed by atoms with Gasteiger partial charge in [-0.15, -0.1) is 0 Å². The summed E-state index contributed by atoms with van der Waals surface area (Å²) in [6.45, 7) is 3.38. The first-order chi connectivity index (χ1) is 12.4. The van der Waals surface area contributed by atoms with Crippen molar-refractivity contribution >= 4 is 23.8 Å². The van der Waals surface area contributed by atoms with Crippen LogP contribution >= 0.6 is 0 Å². The average molecular weight is 363 g/mol. The minimum Gasteiger partial charge on any atom is -0.445 e. The number of ether oxygens (including phenoxy) is 1. The smallest absolute Gasteiger partial charge is 0.407 e. The molecule has 0 radical (unpaired) electrons. The molecule has 0 aliphatic heterocycles. The molecule has 0 heterocycles. The van der Waals surface area contributed by atoms with Gasteiger partial charge in [0.1, 0.15) is 13.2 Å². The van der Waals surface area contributed by atoms with Crippen molar-refractivity contribution in [2.45, 2.75) is 33.3 Å². The number of nitrogens with one attached hydrogen (secondary N) is 3. The van der Waals surface area contributed by atoms with Crippen molar-refractivity contribution in [1.29, 1.82) is 0 Å². The molecule has 0 bridgehead atoms. The SMILES string of the molecule is CC(C)CCC(=O)NC(=O)CNC(=O)CNC(=O)OCc1ccccc1. The zero-order chi connectivity index (χ0) is 19.4. The Morgan fingerprint density at radius 2 is 1.58 bits per heavy atom. The summed E-state index contributed by atoms with van der Waals surface area (Å²) in [7, 11) is 0. The Kier molecular flexibility index (Phi) is 9.45. The summed E-state index contributed by atoms with van der Waals surface area (Å²) in [6.07, 6.45) is 0.199. The quantitative estimate of drug-likeness (QED) is 0.608. The molecule has 0 unspecified atom stereocenters. The number of rotatable bonds is 9. The van der Waals surface area contributed by atoms with E-state index in [1.165, 1.54) is 0 Å². The topological polar surface area (TPSA) is 114 Å². The third-order valence-electron chi connectivity index (χ3n) is 3.28. The summed E-state index contributed by atoms with van der Waals surface area (Å²) < 4.78 is 4.95. The van der Waals surface area contributed by atoms with Crippen LogP contribution in [0.2, 0.25) is 0 Å². The standard InChI is InChI=1S/C18H25N3O5/c1-13(2)8-9-15(22)21-17(24)11-19-16(23)10-20-18(25)26-12-14-6-4-3-5-7-14/h3-7,13H,8-12H2,1-2H3,(H,19,23)(H,20,25)(H,21,22,24). The molecule has 0 saturated carbocycles. The number of imide groups is 1. The number of carbonyl (C=O) groups is 4. The largest absolute Gasteiger partial charge is 0.445 e. The van der Waals surface area contributed by atoms with Gasteiger partial charge in [-0.2, -0.15) is 0 Å². The Bertz CT molecular complexity index is 617. The van der Waals surface area contributed by atoms with Gasteiger partial charge in [-0.3, -0.25) is 19.7 Å². The predicted molar refractivity (Wildman–Crippen MR) is 94.9 cm³/mol. The van der Waals surface area contributed by atoms with Crippen molar-refractivity contribution in [1.82, 2.24) is 16.0 Å². The van der Waals surface area contributed by atoms with Crippen molar-refractivity contribution in [3.63, 3.8) is 0 Å². The van der Waals surface area contributed by atoms with Crippen LogP contribution in [0.25, 0.3) is 0 Å². The molecule has 1 rings (SSSR count). The van der Waals surface area contributed by atoms with Gasteiger partial charge in [-0.1, -0.05) is 44.2 Å². The van der Waals surface area contributed by atoms with Crippen LogP contribution in [0.5, 0.6) is 0 Å². The Labute approximate surface area is 152 Å². The van der Waals surface area contributed by atoms with Crippen LogP contribution in [0, 0.1) is 5.92 Å². The highest BCUT2D eigenvalue weighted by Crippen LogP contribution is 2.02. The highest BCUT2D eigenvalue weighted by Gasteiger charge is 2.11. The van der Waals surface area contributed by atoms with Gasteiger partial charge in [0.25, 0.3) is 0 Å². The molecule has 0 spiro atoms. The minimum atomic E-state index is -0.739. The van der Waals surface area contributed by atoms with Crippen molar-refractivity contribution < 1.29 is 23.9 Å². The number of hydrogen-bond donors (Lipinski definition) is 3. The number of benzene rings is 1. The lowest BCUT2D eigenvalue weighted by molar-refractivity contribution is -0.131. The molecule has 0 aliphatic rings. The molecule has 0 aromatic heterocycles. The number of amides is 4. The van der Waals surface area contributed by atoms with Gasteiger partial charge in [-0.25, -0.2) is 4.79 Å². The van der Waals surface area contributed by atoms with Gasteiger partial charge in [0.15, 0.2) is 0 Å². The molecule has 142 valence electrons. The van der Waals surface area contributed by atoms with Crippen molar-refractivity contribution in [3.8, 4) is 0 Å². The fraction of sp³-hybridized carbons (Fsp3) is 0.444. The molecule has 3 N–H and O–H groups in total. The highest BCUT2D eigenvalue weighted by atomic mass is 16.5. The summed E-state index contributed by atoms with van der Waals surface area (Å²) in [6, 6.07) is 9.11. The van der Waals surface area contributed by atoms with Crippen LogP contribution in [0.4, 0.5) is 4.79 Å². The summed E-state index contributed by atoms with van der Waals surface area (Å²) in [5.74, 6) is -1.17. The number of alkyl carbamates (subject to hydrolysis) is 1.